The number of carbonyl (C=O) groups is 1. The summed E-state index contributed by atoms with van der Waals surface area (Å²) in [5.41, 5.74) is 1.76. The highest BCUT2D eigenvalue weighted by atomic mass is 16.4. The lowest BCUT2D eigenvalue weighted by Gasteiger charge is -2.21. The predicted octanol–water partition coefficient (Wildman–Crippen LogP) is 0.738. The summed E-state index contributed by atoms with van der Waals surface area (Å²) < 4.78 is 0. The Kier molecular flexibility index (Phi) is 2.50. The number of hydrogen-bond acceptors (Lipinski definition) is 3. The Morgan fingerprint density at radius 2 is 2.20 bits per heavy atom. The van der Waals surface area contributed by atoms with Gasteiger partial charge in [-0.25, -0.2) is 0 Å². The summed E-state index contributed by atoms with van der Waals surface area (Å²) in [4.78, 5) is 12.7. The zero-order valence-corrected chi connectivity index (χ0v) is 8.42. The number of fused-ring (bicyclic) bond motifs is 1. The standard InChI is InChI=1S/C10H12BNO3/c1-11(15)12-6-7-4-2-3-5-8(7)9(12)10(13)14/h2-5,9,15H,6H2,1H3,(H,13,14). The normalized spacial score (nSPS) is 20.0. The number of rotatable bonds is 2. The Labute approximate surface area is 88.3 Å². The highest BCUT2D eigenvalue weighted by Crippen LogP contribution is 2.33. The van der Waals surface area contributed by atoms with E-state index in [4.69, 9.17) is 5.11 Å². The van der Waals surface area contributed by atoms with Gasteiger partial charge in [0.25, 0.3) is 0 Å². The van der Waals surface area contributed by atoms with E-state index in [9.17, 15) is 9.82 Å². The van der Waals surface area contributed by atoms with Crippen molar-refractivity contribution in [3.05, 3.63) is 35.4 Å². The van der Waals surface area contributed by atoms with Gasteiger partial charge < -0.3 is 10.1 Å². The quantitative estimate of drug-likeness (QED) is 0.699. The molecule has 1 heterocycles. The molecular formula is C10H12BNO3. The highest BCUT2D eigenvalue weighted by Gasteiger charge is 2.38. The van der Waals surface area contributed by atoms with Gasteiger partial charge in [0.2, 0.25) is 0 Å². The molecule has 1 aliphatic heterocycles. The first-order valence-corrected chi connectivity index (χ1v) is 4.85. The molecule has 0 aromatic heterocycles. The van der Waals surface area contributed by atoms with Gasteiger partial charge in [0.1, 0.15) is 6.04 Å². The maximum atomic E-state index is 11.1. The van der Waals surface area contributed by atoms with E-state index < -0.39 is 19.1 Å². The average molecular weight is 205 g/mol. The number of carboxylic acids is 1. The van der Waals surface area contributed by atoms with Crippen LogP contribution in [0.4, 0.5) is 0 Å². The molecule has 2 N–H and O–H groups in total. The van der Waals surface area contributed by atoms with Gasteiger partial charge in [-0.1, -0.05) is 24.3 Å². The van der Waals surface area contributed by atoms with E-state index in [-0.39, 0.29) is 0 Å². The van der Waals surface area contributed by atoms with Crippen LogP contribution >= 0.6 is 0 Å². The van der Waals surface area contributed by atoms with Crippen molar-refractivity contribution in [2.24, 2.45) is 0 Å². The van der Waals surface area contributed by atoms with Crippen LogP contribution in [0.1, 0.15) is 17.2 Å². The van der Waals surface area contributed by atoms with Gasteiger partial charge in [-0.05, 0) is 17.9 Å². The van der Waals surface area contributed by atoms with Crippen molar-refractivity contribution < 1.29 is 14.9 Å². The van der Waals surface area contributed by atoms with E-state index in [0.29, 0.717) is 6.54 Å². The van der Waals surface area contributed by atoms with Crippen molar-refractivity contribution in [2.45, 2.75) is 19.4 Å². The highest BCUT2D eigenvalue weighted by molar-refractivity contribution is 6.45. The van der Waals surface area contributed by atoms with Crippen LogP contribution in [0.3, 0.4) is 0 Å². The molecule has 0 aliphatic carbocycles. The van der Waals surface area contributed by atoms with Gasteiger partial charge in [0.05, 0.1) is 0 Å². The lowest BCUT2D eigenvalue weighted by atomic mass is 9.83. The third-order valence-corrected chi connectivity index (χ3v) is 2.75. The topological polar surface area (TPSA) is 60.8 Å². The number of benzene rings is 1. The maximum Gasteiger partial charge on any atom is 0.377 e. The molecule has 0 spiro atoms. The Morgan fingerprint density at radius 1 is 1.53 bits per heavy atom. The number of aliphatic carboxylic acids is 1. The molecule has 1 aromatic carbocycles. The molecule has 2 rings (SSSR count). The van der Waals surface area contributed by atoms with E-state index >= 15 is 0 Å². The zero-order chi connectivity index (χ0) is 11.0. The van der Waals surface area contributed by atoms with Gasteiger partial charge in [-0.3, -0.25) is 9.61 Å². The molecule has 5 heteroatoms. The third kappa shape index (κ3) is 1.64. The predicted molar refractivity (Wildman–Crippen MR) is 56.2 cm³/mol. The lowest BCUT2D eigenvalue weighted by Crippen LogP contribution is -2.38. The second-order valence-electron chi connectivity index (χ2n) is 3.74. The molecule has 1 aliphatic rings. The van der Waals surface area contributed by atoms with Crippen molar-refractivity contribution in [3.8, 4) is 0 Å². The van der Waals surface area contributed by atoms with Crippen molar-refractivity contribution in [2.75, 3.05) is 0 Å². The minimum absolute atomic E-state index is 0.491. The molecule has 1 aromatic rings. The van der Waals surface area contributed by atoms with Crippen LogP contribution < -0.4 is 0 Å². The Morgan fingerprint density at radius 3 is 2.80 bits per heavy atom. The summed E-state index contributed by atoms with van der Waals surface area (Å²) in [5.74, 6) is -0.916. The summed E-state index contributed by atoms with van der Waals surface area (Å²) >= 11 is 0. The number of hydrogen-bond donors (Lipinski definition) is 2. The maximum absolute atomic E-state index is 11.1. The molecule has 1 unspecified atom stereocenters. The molecule has 0 bridgehead atoms. The summed E-state index contributed by atoms with van der Waals surface area (Å²) in [6.07, 6.45) is 0. The molecule has 15 heavy (non-hydrogen) atoms. The molecule has 1 atom stereocenters. The summed E-state index contributed by atoms with van der Waals surface area (Å²) in [6, 6.07) is 6.68. The Balaban J connectivity index is 2.42. The van der Waals surface area contributed by atoms with Crippen LogP contribution in [0.25, 0.3) is 0 Å². The second-order valence-corrected chi connectivity index (χ2v) is 3.74. The fourth-order valence-corrected chi connectivity index (χ4v) is 2.03. The SMILES string of the molecule is CB(O)N1Cc2ccccc2C1C(=O)O. The lowest BCUT2D eigenvalue weighted by molar-refractivity contribution is -0.141. The fraction of sp³-hybridized carbons (Fsp3) is 0.300. The van der Waals surface area contributed by atoms with Crippen LogP contribution in [0.2, 0.25) is 6.82 Å². The van der Waals surface area contributed by atoms with Crippen LogP contribution in [0, 0.1) is 0 Å². The minimum atomic E-state index is -0.916. The molecule has 78 valence electrons. The monoisotopic (exact) mass is 205 g/mol. The summed E-state index contributed by atoms with van der Waals surface area (Å²) in [7, 11) is -0.751. The molecule has 0 saturated carbocycles. The van der Waals surface area contributed by atoms with Gasteiger partial charge in [0, 0.05) is 6.54 Å². The van der Waals surface area contributed by atoms with Crippen LogP contribution in [0.5, 0.6) is 0 Å². The Bertz CT molecular complexity index is 394. The second kappa shape index (κ2) is 3.68. The van der Waals surface area contributed by atoms with Gasteiger partial charge in [0.15, 0.2) is 0 Å². The molecular weight excluding hydrogens is 193 g/mol. The molecule has 0 fully saturated rings. The van der Waals surface area contributed by atoms with Gasteiger partial charge in [-0.15, -0.1) is 0 Å². The van der Waals surface area contributed by atoms with Crippen LogP contribution in [0.15, 0.2) is 24.3 Å². The molecule has 0 amide bonds. The first-order chi connectivity index (χ1) is 7.11. The number of carboxylic acid groups (broad SMARTS) is 1. The molecule has 0 radical (unpaired) electrons. The van der Waals surface area contributed by atoms with Crippen LogP contribution in [-0.4, -0.2) is 28.0 Å². The third-order valence-electron chi connectivity index (χ3n) is 2.75. The van der Waals surface area contributed by atoms with E-state index in [1.165, 1.54) is 0 Å². The van der Waals surface area contributed by atoms with Crippen LogP contribution in [-0.2, 0) is 11.3 Å². The summed E-state index contributed by atoms with van der Waals surface area (Å²) in [5, 5.41) is 18.6. The largest absolute Gasteiger partial charge is 0.480 e. The van der Waals surface area contributed by atoms with Crippen molar-refractivity contribution in [1.29, 1.82) is 0 Å². The van der Waals surface area contributed by atoms with E-state index in [2.05, 4.69) is 0 Å². The first-order valence-electron chi connectivity index (χ1n) is 4.85. The first kappa shape index (κ1) is 10.2. The van der Waals surface area contributed by atoms with E-state index in [1.54, 1.807) is 17.7 Å². The number of nitrogens with zero attached hydrogens (tertiary/aromatic N) is 1. The molecule has 4 nitrogen and oxygen atoms in total. The van der Waals surface area contributed by atoms with Gasteiger partial charge >= 0.3 is 13.0 Å². The minimum Gasteiger partial charge on any atom is -0.480 e. The molecule has 0 saturated heterocycles. The van der Waals surface area contributed by atoms with E-state index in [1.807, 2.05) is 18.2 Å². The van der Waals surface area contributed by atoms with Crippen molar-refractivity contribution in [3.63, 3.8) is 0 Å². The smallest absolute Gasteiger partial charge is 0.377 e. The zero-order valence-electron chi connectivity index (χ0n) is 8.42. The van der Waals surface area contributed by atoms with E-state index in [0.717, 1.165) is 11.1 Å². The van der Waals surface area contributed by atoms with Crippen molar-refractivity contribution >= 4 is 13.0 Å². The average Bonchev–Trinajstić information content (AvgIpc) is 2.56. The van der Waals surface area contributed by atoms with Crippen molar-refractivity contribution in [1.82, 2.24) is 4.81 Å². The summed E-state index contributed by atoms with van der Waals surface area (Å²) in [6.45, 7) is 2.08. The fourth-order valence-electron chi connectivity index (χ4n) is 2.03. The Hall–Kier alpha value is -1.33. The van der Waals surface area contributed by atoms with Gasteiger partial charge in [-0.2, -0.15) is 0 Å².